The Morgan fingerprint density at radius 3 is 2.68 bits per heavy atom. The summed E-state index contributed by atoms with van der Waals surface area (Å²) in [5.74, 6) is -1.30. The minimum Gasteiger partial charge on any atom is -0.340 e. The molecular weight excluding hydrogens is 272 g/mol. The van der Waals surface area contributed by atoms with E-state index in [-0.39, 0.29) is 0 Å². The normalized spacial score (nSPS) is 10.5. The second-order valence-corrected chi connectivity index (χ2v) is 4.35. The molecule has 0 saturated heterocycles. The van der Waals surface area contributed by atoms with Crippen LogP contribution in [0.1, 0.15) is 18.9 Å². The summed E-state index contributed by atoms with van der Waals surface area (Å²) in [6.07, 6.45) is 2.90. The van der Waals surface area contributed by atoms with Crippen LogP contribution in [0.4, 0.5) is 20.3 Å². The molecule has 1 aromatic carbocycles. The van der Waals surface area contributed by atoms with Gasteiger partial charge in [-0.15, -0.1) is 0 Å². The molecule has 1 heterocycles. The molecule has 3 nitrogen and oxygen atoms in total. The average molecular weight is 284 g/mol. The van der Waals surface area contributed by atoms with Crippen LogP contribution in [0.5, 0.6) is 0 Å². The molecule has 1 N–H and O–H groups in total. The van der Waals surface area contributed by atoms with E-state index < -0.39 is 11.6 Å². The van der Waals surface area contributed by atoms with Gasteiger partial charge in [0.25, 0.3) is 0 Å². The molecule has 19 heavy (non-hydrogen) atoms. The van der Waals surface area contributed by atoms with E-state index in [1.54, 1.807) is 0 Å². The van der Waals surface area contributed by atoms with Crippen LogP contribution in [0, 0.1) is 11.6 Å². The van der Waals surface area contributed by atoms with E-state index in [1.165, 1.54) is 12.4 Å². The van der Waals surface area contributed by atoms with Crippen molar-refractivity contribution in [3.63, 3.8) is 0 Å². The van der Waals surface area contributed by atoms with Gasteiger partial charge >= 0.3 is 0 Å². The zero-order valence-corrected chi connectivity index (χ0v) is 11.0. The molecule has 2 aromatic rings. The van der Waals surface area contributed by atoms with Crippen LogP contribution in [-0.2, 0) is 6.42 Å². The van der Waals surface area contributed by atoms with Crippen molar-refractivity contribution < 1.29 is 8.78 Å². The molecule has 0 aliphatic rings. The Morgan fingerprint density at radius 2 is 2.00 bits per heavy atom. The van der Waals surface area contributed by atoms with Crippen molar-refractivity contribution in [2.75, 3.05) is 5.32 Å². The first-order valence-electron chi connectivity index (χ1n) is 5.83. The summed E-state index contributed by atoms with van der Waals surface area (Å²) < 4.78 is 26.0. The summed E-state index contributed by atoms with van der Waals surface area (Å²) in [6, 6.07) is 3.56. The van der Waals surface area contributed by atoms with Crippen LogP contribution in [0.2, 0.25) is 5.15 Å². The topological polar surface area (TPSA) is 37.8 Å². The van der Waals surface area contributed by atoms with Gasteiger partial charge in [-0.05, 0) is 18.6 Å². The molecule has 0 unspecified atom stereocenters. The third-order valence-electron chi connectivity index (χ3n) is 2.58. The van der Waals surface area contributed by atoms with E-state index in [0.717, 1.165) is 24.1 Å². The maximum absolute atomic E-state index is 13.1. The number of aromatic nitrogens is 2. The minimum atomic E-state index is -0.915. The molecule has 0 spiro atoms. The van der Waals surface area contributed by atoms with Gasteiger partial charge in [-0.2, -0.15) is 0 Å². The highest BCUT2D eigenvalue weighted by atomic mass is 35.5. The van der Waals surface area contributed by atoms with Gasteiger partial charge in [-0.25, -0.2) is 18.7 Å². The molecule has 0 radical (unpaired) electrons. The first-order valence-corrected chi connectivity index (χ1v) is 6.21. The first-order chi connectivity index (χ1) is 9.11. The summed E-state index contributed by atoms with van der Waals surface area (Å²) in [6.45, 7) is 2.00. The number of halogens is 3. The van der Waals surface area contributed by atoms with Gasteiger partial charge in [0, 0.05) is 17.3 Å². The van der Waals surface area contributed by atoms with Crippen LogP contribution in [-0.4, -0.2) is 9.97 Å². The van der Waals surface area contributed by atoms with Crippen molar-refractivity contribution in [2.45, 2.75) is 19.8 Å². The number of nitrogens with one attached hydrogen (secondary N) is 1. The molecule has 2 rings (SSSR count). The molecule has 1 aromatic heterocycles. The van der Waals surface area contributed by atoms with Gasteiger partial charge < -0.3 is 5.32 Å². The van der Waals surface area contributed by atoms with Gasteiger partial charge in [0.1, 0.15) is 17.3 Å². The Kier molecular flexibility index (Phi) is 4.27. The van der Waals surface area contributed by atoms with Gasteiger partial charge in [0.05, 0.1) is 0 Å². The fourth-order valence-corrected chi connectivity index (χ4v) is 1.91. The van der Waals surface area contributed by atoms with Gasteiger partial charge in [-0.1, -0.05) is 24.9 Å². The molecule has 0 aliphatic carbocycles. The third kappa shape index (κ3) is 3.17. The zero-order valence-electron chi connectivity index (χ0n) is 10.3. The van der Waals surface area contributed by atoms with Crippen LogP contribution >= 0.6 is 11.6 Å². The average Bonchev–Trinajstić information content (AvgIpc) is 2.38. The number of anilines is 2. The monoisotopic (exact) mass is 283 g/mol. The molecule has 0 amide bonds. The molecule has 100 valence electrons. The maximum Gasteiger partial charge on any atom is 0.160 e. The number of nitrogens with zero attached hydrogens (tertiary/aromatic N) is 2. The van der Waals surface area contributed by atoms with Crippen LogP contribution in [0.3, 0.4) is 0 Å². The van der Waals surface area contributed by atoms with Crippen LogP contribution in [0.25, 0.3) is 0 Å². The van der Waals surface area contributed by atoms with E-state index in [4.69, 9.17) is 11.6 Å². The summed E-state index contributed by atoms with van der Waals surface area (Å²) in [5.41, 5.74) is 1.17. The lowest BCUT2D eigenvalue weighted by molar-refractivity contribution is 0.509. The Balaban J connectivity index is 2.32. The van der Waals surface area contributed by atoms with Crippen molar-refractivity contribution in [3.05, 3.63) is 46.9 Å². The van der Waals surface area contributed by atoms with Crippen LogP contribution < -0.4 is 5.32 Å². The van der Waals surface area contributed by atoms with Crippen LogP contribution in [0.15, 0.2) is 24.5 Å². The summed E-state index contributed by atoms with van der Waals surface area (Å²) >= 11 is 6.01. The lowest BCUT2D eigenvalue weighted by Crippen LogP contribution is -2.02. The van der Waals surface area contributed by atoms with E-state index >= 15 is 0 Å². The minimum absolute atomic E-state index is 0.363. The zero-order chi connectivity index (χ0) is 13.8. The van der Waals surface area contributed by atoms with Crippen molar-refractivity contribution in [2.24, 2.45) is 0 Å². The van der Waals surface area contributed by atoms with Crippen molar-refractivity contribution in [3.8, 4) is 0 Å². The quantitative estimate of drug-likeness (QED) is 0.858. The molecule has 0 atom stereocenters. The molecule has 0 aliphatic heterocycles. The SMILES string of the molecule is CCCc1c(Cl)ncnc1Nc1ccc(F)c(F)c1. The molecule has 0 fully saturated rings. The summed E-state index contributed by atoms with van der Waals surface area (Å²) in [4.78, 5) is 7.99. The molecule has 0 saturated carbocycles. The Labute approximate surface area is 114 Å². The van der Waals surface area contributed by atoms with Crippen molar-refractivity contribution in [1.82, 2.24) is 9.97 Å². The van der Waals surface area contributed by atoms with E-state index in [2.05, 4.69) is 15.3 Å². The van der Waals surface area contributed by atoms with Gasteiger partial charge in [0.2, 0.25) is 0 Å². The number of hydrogen-bond donors (Lipinski definition) is 1. The third-order valence-corrected chi connectivity index (χ3v) is 2.90. The standard InChI is InChI=1S/C13H12ClF2N3/c1-2-3-9-12(14)17-7-18-13(9)19-8-4-5-10(15)11(16)6-8/h4-7H,2-3H2,1H3,(H,17,18,19). The van der Waals surface area contributed by atoms with Crippen molar-refractivity contribution in [1.29, 1.82) is 0 Å². The fraction of sp³-hybridized carbons (Fsp3) is 0.231. The molecule has 0 bridgehead atoms. The Hall–Kier alpha value is -1.75. The Bertz CT molecular complexity index is 590. The smallest absolute Gasteiger partial charge is 0.160 e. The maximum atomic E-state index is 13.1. The second kappa shape index (κ2) is 5.93. The largest absolute Gasteiger partial charge is 0.340 e. The second-order valence-electron chi connectivity index (χ2n) is 4.00. The number of benzene rings is 1. The van der Waals surface area contributed by atoms with E-state index in [1.807, 2.05) is 6.92 Å². The summed E-state index contributed by atoms with van der Waals surface area (Å²) in [5, 5.41) is 3.29. The predicted molar refractivity (Wildman–Crippen MR) is 70.7 cm³/mol. The number of hydrogen-bond acceptors (Lipinski definition) is 3. The predicted octanol–water partition coefficient (Wildman–Crippen LogP) is 4.10. The highest BCUT2D eigenvalue weighted by molar-refractivity contribution is 6.30. The lowest BCUT2D eigenvalue weighted by atomic mass is 10.2. The molecule has 6 heteroatoms. The lowest BCUT2D eigenvalue weighted by Gasteiger charge is -2.11. The van der Waals surface area contributed by atoms with Gasteiger partial charge in [0.15, 0.2) is 11.6 Å². The highest BCUT2D eigenvalue weighted by Crippen LogP contribution is 2.25. The summed E-state index contributed by atoms with van der Waals surface area (Å²) in [7, 11) is 0. The van der Waals surface area contributed by atoms with E-state index in [9.17, 15) is 8.78 Å². The van der Waals surface area contributed by atoms with Gasteiger partial charge in [-0.3, -0.25) is 0 Å². The first kappa shape index (κ1) is 13.7. The van der Waals surface area contributed by atoms with E-state index in [0.29, 0.717) is 23.1 Å². The fourth-order valence-electron chi connectivity index (χ4n) is 1.68. The Morgan fingerprint density at radius 1 is 1.21 bits per heavy atom. The number of rotatable bonds is 4. The highest BCUT2D eigenvalue weighted by Gasteiger charge is 2.10. The van der Waals surface area contributed by atoms with Crippen molar-refractivity contribution >= 4 is 23.1 Å². The molecular formula is C13H12ClF2N3.